The van der Waals surface area contributed by atoms with E-state index in [4.69, 9.17) is 9.52 Å². The molecule has 0 aliphatic rings. The number of anilines is 1. The van der Waals surface area contributed by atoms with Gasteiger partial charge in [-0.1, -0.05) is 0 Å². The van der Waals surface area contributed by atoms with Crippen LogP contribution in [0.3, 0.4) is 0 Å². The highest BCUT2D eigenvalue weighted by atomic mass is 79.9. The third-order valence-electron chi connectivity index (χ3n) is 2.28. The van der Waals surface area contributed by atoms with Crippen molar-refractivity contribution in [3.63, 3.8) is 0 Å². The Labute approximate surface area is 110 Å². The Kier molecular flexibility index (Phi) is 3.24. The number of furan rings is 1. The Balaban J connectivity index is 2.27. The third kappa shape index (κ3) is 2.30. The van der Waals surface area contributed by atoms with Crippen LogP contribution in [0.15, 0.2) is 27.5 Å². The molecular formula is C11H9BrN2O4. The van der Waals surface area contributed by atoms with Crippen molar-refractivity contribution in [3.05, 3.63) is 40.0 Å². The molecule has 2 heterocycles. The summed E-state index contributed by atoms with van der Waals surface area (Å²) in [5, 5.41) is 11.5. The molecule has 0 unspecified atom stereocenters. The monoisotopic (exact) mass is 312 g/mol. The molecule has 3 N–H and O–H groups in total. The number of H-pyrrole nitrogens is 1. The number of aromatic carboxylic acids is 1. The maximum atomic E-state index is 11.9. The SMILES string of the molecule is Cc1cc(NC(=O)c2ccoc2Br)c(C(=O)O)[nH]1. The summed E-state index contributed by atoms with van der Waals surface area (Å²) in [5.41, 5.74) is 1.11. The predicted molar refractivity (Wildman–Crippen MR) is 66.9 cm³/mol. The van der Waals surface area contributed by atoms with Gasteiger partial charge in [0.1, 0.15) is 5.69 Å². The van der Waals surface area contributed by atoms with Crippen LogP contribution in [0.1, 0.15) is 26.5 Å². The first kappa shape index (κ1) is 12.4. The van der Waals surface area contributed by atoms with E-state index in [-0.39, 0.29) is 11.4 Å². The van der Waals surface area contributed by atoms with Crippen molar-refractivity contribution in [2.45, 2.75) is 6.92 Å². The van der Waals surface area contributed by atoms with Gasteiger partial charge in [-0.25, -0.2) is 4.79 Å². The summed E-state index contributed by atoms with van der Waals surface area (Å²) >= 11 is 3.08. The van der Waals surface area contributed by atoms with Crippen molar-refractivity contribution in [1.29, 1.82) is 0 Å². The summed E-state index contributed by atoms with van der Waals surface area (Å²) in [6, 6.07) is 3.04. The van der Waals surface area contributed by atoms with E-state index in [2.05, 4.69) is 26.2 Å². The molecule has 2 aromatic heterocycles. The molecule has 0 aliphatic heterocycles. The van der Waals surface area contributed by atoms with Gasteiger partial charge in [-0.2, -0.15) is 0 Å². The van der Waals surface area contributed by atoms with Crippen LogP contribution in [0, 0.1) is 6.92 Å². The fourth-order valence-corrected chi connectivity index (χ4v) is 1.92. The van der Waals surface area contributed by atoms with Gasteiger partial charge in [0.05, 0.1) is 17.5 Å². The Hall–Kier alpha value is -2.02. The number of carbonyl (C=O) groups is 2. The first-order valence-electron chi connectivity index (χ1n) is 4.96. The standard InChI is InChI=1S/C11H9BrN2O4/c1-5-4-7(8(13-5)11(16)17)14-10(15)6-2-3-18-9(6)12/h2-4,13H,1H3,(H,14,15)(H,16,17). The lowest BCUT2D eigenvalue weighted by Gasteiger charge is -2.02. The number of carboxylic acids is 1. The minimum absolute atomic E-state index is 0.0551. The van der Waals surface area contributed by atoms with Crippen molar-refractivity contribution in [3.8, 4) is 0 Å². The number of carboxylic acid groups (broad SMARTS) is 1. The normalized spacial score (nSPS) is 10.3. The molecule has 1 amide bonds. The number of rotatable bonds is 3. The highest BCUT2D eigenvalue weighted by Gasteiger charge is 2.18. The molecule has 0 aliphatic carbocycles. The van der Waals surface area contributed by atoms with Crippen LogP contribution in [0.5, 0.6) is 0 Å². The number of carbonyl (C=O) groups excluding carboxylic acids is 1. The van der Waals surface area contributed by atoms with Crippen molar-refractivity contribution in [1.82, 2.24) is 4.98 Å². The van der Waals surface area contributed by atoms with E-state index in [1.165, 1.54) is 12.3 Å². The molecular weight excluding hydrogens is 304 g/mol. The number of amides is 1. The van der Waals surface area contributed by atoms with Gasteiger partial charge in [0.15, 0.2) is 4.67 Å². The van der Waals surface area contributed by atoms with Crippen LogP contribution < -0.4 is 5.32 Å². The molecule has 0 radical (unpaired) electrons. The van der Waals surface area contributed by atoms with Gasteiger partial charge in [-0.3, -0.25) is 4.79 Å². The van der Waals surface area contributed by atoms with E-state index >= 15 is 0 Å². The number of halogens is 1. The lowest BCUT2D eigenvalue weighted by molar-refractivity contribution is 0.0692. The van der Waals surface area contributed by atoms with E-state index in [0.29, 0.717) is 15.9 Å². The lowest BCUT2D eigenvalue weighted by atomic mass is 10.3. The van der Waals surface area contributed by atoms with E-state index in [1.807, 2.05) is 0 Å². The Morgan fingerprint density at radius 2 is 2.22 bits per heavy atom. The molecule has 0 saturated carbocycles. The van der Waals surface area contributed by atoms with Gasteiger partial charge in [0.2, 0.25) is 0 Å². The van der Waals surface area contributed by atoms with Crippen molar-refractivity contribution in [2.75, 3.05) is 5.32 Å². The summed E-state index contributed by atoms with van der Waals surface area (Å²) in [6.45, 7) is 1.70. The predicted octanol–water partition coefficient (Wildman–Crippen LogP) is 2.63. The second kappa shape index (κ2) is 4.69. The third-order valence-corrected chi connectivity index (χ3v) is 2.89. The van der Waals surface area contributed by atoms with Crippen LogP contribution in [0.4, 0.5) is 5.69 Å². The summed E-state index contributed by atoms with van der Waals surface area (Å²) in [4.78, 5) is 25.5. The number of hydrogen-bond donors (Lipinski definition) is 3. The highest BCUT2D eigenvalue weighted by molar-refractivity contribution is 9.10. The largest absolute Gasteiger partial charge is 0.477 e. The van der Waals surface area contributed by atoms with Gasteiger partial charge >= 0.3 is 5.97 Å². The first-order chi connectivity index (χ1) is 8.49. The molecule has 2 aromatic rings. The van der Waals surface area contributed by atoms with Crippen molar-refractivity contribution < 1.29 is 19.1 Å². The fraction of sp³-hybridized carbons (Fsp3) is 0.0909. The zero-order chi connectivity index (χ0) is 13.3. The number of aromatic nitrogens is 1. The van der Waals surface area contributed by atoms with Crippen LogP contribution in [-0.4, -0.2) is 22.0 Å². The molecule has 0 saturated heterocycles. The molecule has 7 heteroatoms. The Morgan fingerprint density at radius 3 is 2.78 bits per heavy atom. The maximum absolute atomic E-state index is 11.9. The van der Waals surface area contributed by atoms with Gasteiger partial charge < -0.3 is 19.8 Å². The summed E-state index contributed by atoms with van der Waals surface area (Å²) in [6.07, 6.45) is 1.36. The Morgan fingerprint density at radius 1 is 1.50 bits per heavy atom. The molecule has 0 spiro atoms. The first-order valence-corrected chi connectivity index (χ1v) is 5.75. The van der Waals surface area contributed by atoms with Crippen LogP contribution in [0.2, 0.25) is 0 Å². The highest BCUT2D eigenvalue weighted by Crippen LogP contribution is 2.21. The van der Waals surface area contributed by atoms with Crippen LogP contribution in [-0.2, 0) is 0 Å². The average Bonchev–Trinajstić information content (AvgIpc) is 2.84. The van der Waals surface area contributed by atoms with Crippen LogP contribution in [0.25, 0.3) is 0 Å². The minimum atomic E-state index is -1.13. The van der Waals surface area contributed by atoms with Crippen LogP contribution >= 0.6 is 15.9 Å². The summed E-state index contributed by atoms with van der Waals surface area (Å²) < 4.78 is 5.23. The summed E-state index contributed by atoms with van der Waals surface area (Å²) in [7, 11) is 0. The van der Waals surface area contributed by atoms with Crippen molar-refractivity contribution >= 4 is 33.5 Å². The number of nitrogens with one attached hydrogen (secondary N) is 2. The second-order valence-corrected chi connectivity index (χ2v) is 4.33. The fourth-order valence-electron chi connectivity index (χ4n) is 1.50. The topological polar surface area (TPSA) is 95.3 Å². The van der Waals surface area contributed by atoms with Gasteiger partial charge in [-0.15, -0.1) is 0 Å². The molecule has 0 atom stereocenters. The van der Waals surface area contributed by atoms with E-state index in [0.717, 1.165) is 0 Å². The number of hydrogen-bond acceptors (Lipinski definition) is 3. The minimum Gasteiger partial charge on any atom is -0.477 e. The molecule has 18 heavy (non-hydrogen) atoms. The lowest BCUT2D eigenvalue weighted by Crippen LogP contribution is -2.13. The molecule has 0 fully saturated rings. The van der Waals surface area contributed by atoms with E-state index in [9.17, 15) is 9.59 Å². The van der Waals surface area contributed by atoms with Gasteiger partial charge in [-0.05, 0) is 35.0 Å². The van der Waals surface area contributed by atoms with E-state index < -0.39 is 11.9 Å². The quantitative estimate of drug-likeness (QED) is 0.811. The zero-order valence-corrected chi connectivity index (χ0v) is 10.9. The molecule has 6 nitrogen and oxygen atoms in total. The molecule has 0 aromatic carbocycles. The maximum Gasteiger partial charge on any atom is 0.354 e. The molecule has 0 bridgehead atoms. The number of aryl methyl sites for hydroxylation is 1. The zero-order valence-electron chi connectivity index (χ0n) is 9.28. The Bertz CT molecular complexity index is 614. The van der Waals surface area contributed by atoms with Gasteiger partial charge in [0, 0.05) is 5.69 Å². The second-order valence-electron chi connectivity index (χ2n) is 3.61. The molecule has 2 rings (SSSR count). The smallest absolute Gasteiger partial charge is 0.354 e. The number of aromatic amines is 1. The van der Waals surface area contributed by atoms with Crippen molar-refractivity contribution in [2.24, 2.45) is 0 Å². The summed E-state index contributed by atoms with van der Waals surface area (Å²) in [5.74, 6) is -1.58. The average molecular weight is 313 g/mol. The van der Waals surface area contributed by atoms with Gasteiger partial charge in [0.25, 0.3) is 5.91 Å². The molecule has 94 valence electrons. The van der Waals surface area contributed by atoms with E-state index in [1.54, 1.807) is 13.0 Å².